The fourth-order valence-corrected chi connectivity index (χ4v) is 3.39. The molecule has 0 atom stereocenters. The number of methoxy groups -OCH3 is 1. The molecule has 1 fully saturated rings. The Balaban J connectivity index is 2.01. The van der Waals surface area contributed by atoms with Crippen molar-refractivity contribution in [3.05, 3.63) is 23.8 Å². The van der Waals surface area contributed by atoms with Crippen LogP contribution in [0.3, 0.4) is 0 Å². The van der Waals surface area contributed by atoms with Gasteiger partial charge in [0.2, 0.25) is 5.91 Å². The van der Waals surface area contributed by atoms with Gasteiger partial charge in [0.1, 0.15) is 0 Å². The SMILES string of the molecule is CCNC(=NCc1ccc(OC)c(OCC)c1)N1CCC(CC(=O)NC)CC1. The topological polar surface area (TPSA) is 75.2 Å². The molecule has 7 heteroatoms. The maximum Gasteiger partial charge on any atom is 0.220 e. The van der Waals surface area contributed by atoms with Crippen molar-refractivity contribution in [2.75, 3.05) is 40.4 Å². The third-order valence-corrected chi connectivity index (χ3v) is 4.94. The number of carbonyl (C=O) groups excluding carboxylic acids is 1. The molecule has 2 rings (SSSR count). The molecule has 0 radical (unpaired) electrons. The minimum absolute atomic E-state index is 0.128. The Morgan fingerprint density at radius 1 is 1.25 bits per heavy atom. The van der Waals surface area contributed by atoms with Crippen molar-refractivity contribution in [3.63, 3.8) is 0 Å². The Bertz CT molecular complexity index is 655. The van der Waals surface area contributed by atoms with Crippen LogP contribution in [-0.2, 0) is 11.3 Å². The highest BCUT2D eigenvalue weighted by Gasteiger charge is 2.23. The van der Waals surface area contributed by atoms with Gasteiger partial charge in [-0.1, -0.05) is 6.07 Å². The third-order valence-electron chi connectivity index (χ3n) is 4.94. The second-order valence-electron chi connectivity index (χ2n) is 6.90. The van der Waals surface area contributed by atoms with Gasteiger partial charge in [0.15, 0.2) is 17.5 Å². The number of hydrogen-bond acceptors (Lipinski definition) is 4. The molecule has 0 aliphatic carbocycles. The number of hydrogen-bond donors (Lipinski definition) is 2. The van der Waals surface area contributed by atoms with Crippen LogP contribution in [0.2, 0.25) is 0 Å². The van der Waals surface area contributed by atoms with E-state index in [0.717, 1.165) is 55.5 Å². The largest absolute Gasteiger partial charge is 0.493 e. The van der Waals surface area contributed by atoms with Crippen LogP contribution in [0.25, 0.3) is 0 Å². The zero-order chi connectivity index (χ0) is 20.4. The molecule has 1 aliphatic heterocycles. The molecule has 1 heterocycles. The number of rotatable bonds is 8. The van der Waals surface area contributed by atoms with E-state index in [9.17, 15) is 4.79 Å². The van der Waals surface area contributed by atoms with E-state index in [4.69, 9.17) is 14.5 Å². The number of nitrogens with zero attached hydrogens (tertiary/aromatic N) is 2. The Kier molecular flexibility index (Phi) is 8.91. The van der Waals surface area contributed by atoms with Gasteiger partial charge >= 0.3 is 0 Å². The lowest BCUT2D eigenvalue weighted by Crippen LogP contribution is -2.46. The molecule has 0 aromatic heterocycles. The highest BCUT2D eigenvalue weighted by Crippen LogP contribution is 2.28. The zero-order valence-corrected chi connectivity index (χ0v) is 17.6. The van der Waals surface area contributed by atoms with Crippen molar-refractivity contribution in [2.45, 2.75) is 39.7 Å². The first-order chi connectivity index (χ1) is 13.6. The lowest BCUT2D eigenvalue weighted by atomic mass is 9.93. The van der Waals surface area contributed by atoms with E-state index in [2.05, 4.69) is 22.5 Å². The normalized spacial score (nSPS) is 15.3. The Hall–Kier alpha value is -2.44. The van der Waals surface area contributed by atoms with Gasteiger partial charge in [-0.15, -0.1) is 0 Å². The van der Waals surface area contributed by atoms with Crippen LogP contribution in [0.15, 0.2) is 23.2 Å². The number of ether oxygens (including phenoxy) is 2. The van der Waals surface area contributed by atoms with Gasteiger partial charge in [-0.05, 0) is 50.3 Å². The predicted molar refractivity (Wildman–Crippen MR) is 112 cm³/mol. The summed E-state index contributed by atoms with van der Waals surface area (Å²) in [4.78, 5) is 18.7. The quantitative estimate of drug-likeness (QED) is 0.527. The van der Waals surface area contributed by atoms with Crippen LogP contribution in [0.4, 0.5) is 0 Å². The standard InChI is InChI=1S/C21H34N4O3/c1-5-23-21(25-11-9-16(10-12-25)14-20(26)22-3)24-15-17-7-8-18(27-4)19(13-17)28-6-2/h7-8,13,16H,5-6,9-12,14-15H2,1-4H3,(H,22,26)(H,23,24). The molecule has 0 spiro atoms. The van der Waals surface area contributed by atoms with Gasteiger partial charge in [-0.25, -0.2) is 4.99 Å². The molecule has 0 unspecified atom stereocenters. The highest BCUT2D eigenvalue weighted by atomic mass is 16.5. The van der Waals surface area contributed by atoms with Gasteiger partial charge in [-0.3, -0.25) is 4.79 Å². The number of nitrogens with one attached hydrogen (secondary N) is 2. The number of carbonyl (C=O) groups is 1. The van der Waals surface area contributed by atoms with Crippen LogP contribution in [0.5, 0.6) is 11.5 Å². The summed E-state index contributed by atoms with van der Waals surface area (Å²) in [5, 5.41) is 6.11. The van der Waals surface area contributed by atoms with Crippen molar-refractivity contribution in [1.29, 1.82) is 0 Å². The molecule has 1 saturated heterocycles. The van der Waals surface area contributed by atoms with Crippen molar-refractivity contribution < 1.29 is 14.3 Å². The van der Waals surface area contributed by atoms with Crippen molar-refractivity contribution >= 4 is 11.9 Å². The monoisotopic (exact) mass is 390 g/mol. The van der Waals surface area contributed by atoms with Crippen LogP contribution in [0.1, 0.15) is 38.7 Å². The van der Waals surface area contributed by atoms with Crippen LogP contribution >= 0.6 is 0 Å². The summed E-state index contributed by atoms with van der Waals surface area (Å²) in [6.45, 7) is 7.86. The molecule has 28 heavy (non-hydrogen) atoms. The summed E-state index contributed by atoms with van der Waals surface area (Å²) in [5.41, 5.74) is 1.08. The number of piperidine rings is 1. The summed E-state index contributed by atoms with van der Waals surface area (Å²) in [6.07, 6.45) is 2.63. The second-order valence-corrected chi connectivity index (χ2v) is 6.90. The van der Waals surface area contributed by atoms with E-state index < -0.39 is 0 Å². The van der Waals surface area contributed by atoms with Gasteiger partial charge in [0.05, 0.1) is 20.3 Å². The average molecular weight is 391 g/mol. The predicted octanol–water partition coefficient (Wildman–Crippen LogP) is 2.41. The molecular weight excluding hydrogens is 356 g/mol. The maximum absolute atomic E-state index is 11.6. The number of amides is 1. The Morgan fingerprint density at radius 3 is 2.61 bits per heavy atom. The van der Waals surface area contributed by atoms with E-state index in [1.165, 1.54) is 0 Å². The molecule has 1 aromatic carbocycles. The Labute approximate surface area is 168 Å². The zero-order valence-electron chi connectivity index (χ0n) is 17.6. The van der Waals surface area contributed by atoms with E-state index in [-0.39, 0.29) is 5.91 Å². The second kappa shape index (κ2) is 11.4. The van der Waals surface area contributed by atoms with Crippen LogP contribution in [-0.4, -0.2) is 57.2 Å². The molecule has 1 aliphatic rings. The summed E-state index contributed by atoms with van der Waals surface area (Å²) in [5.74, 6) is 2.99. The number of aliphatic imine (C=N–C) groups is 1. The molecular formula is C21H34N4O3. The van der Waals surface area contributed by atoms with Gasteiger partial charge in [0.25, 0.3) is 0 Å². The number of likely N-dealkylation sites (tertiary alicyclic amines) is 1. The van der Waals surface area contributed by atoms with Crippen molar-refractivity contribution in [3.8, 4) is 11.5 Å². The summed E-state index contributed by atoms with van der Waals surface area (Å²) >= 11 is 0. The van der Waals surface area contributed by atoms with Crippen LogP contribution in [0, 0.1) is 5.92 Å². The highest BCUT2D eigenvalue weighted by molar-refractivity contribution is 5.80. The first-order valence-electron chi connectivity index (χ1n) is 10.1. The molecule has 0 bridgehead atoms. The summed E-state index contributed by atoms with van der Waals surface area (Å²) < 4.78 is 11.0. The smallest absolute Gasteiger partial charge is 0.220 e. The van der Waals surface area contributed by atoms with E-state index >= 15 is 0 Å². The summed E-state index contributed by atoms with van der Waals surface area (Å²) in [6, 6.07) is 5.93. The Morgan fingerprint density at radius 2 is 2.00 bits per heavy atom. The van der Waals surface area contributed by atoms with Gasteiger partial charge < -0.3 is 25.0 Å². The minimum atomic E-state index is 0.128. The summed E-state index contributed by atoms with van der Waals surface area (Å²) in [7, 11) is 3.34. The minimum Gasteiger partial charge on any atom is -0.493 e. The van der Waals surface area contributed by atoms with Gasteiger partial charge in [0, 0.05) is 33.1 Å². The first-order valence-corrected chi connectivity index (χ1v) is 10.1. The van der Waals surface area contributed by atoms with E-state index in [0.29, 0.717) is 25.5 Å². The van der Waals surface area contributed by atoms with Crippen LogP contribution < -0.4 is 20.1 Å². The molecule has 2 N–H and O–H groups in total. The van der Waals surface area contributed by atoms with Crippen molar-refractivity contribution in [1.82, 2.24) is 15.5 Å². The van der Waals surface area contributed by atoms with Crippen molar-refractivity contribution in [2.24, 2.45) is 10.9 Å². The van der Waals surface area contributed by atoms with E-state index in [1.54, 1.807) is 14.2 Å². The molecule has 7 nitrogen and oxygen atoms in total. The molecule has 0 saturated carbocycles. The molecule has 156 valence electrons. The average Bonchev–Trinajstić information content (AvgIpc) is 2.72. The maximum atomic E-state index is 11.6. The number of benzene rings is 1. The molecule has 1 amide bonds. The van der Waals surface area contributed by atoms with E-state index in [1.807, 2.05) is 25.1 Å². The fraction of sp³-hybridized carbons (Fsp3) is 0.619. The fourth-order valence-electron chi connectivity index (χ4n) is 3.39. The number of guanidine groups is 1. The lowest BCUT2D eigenvalue weighted by Gasteiger charge is -2.34. The molecule has 1 aromatic rings. The van der Waals surface area contributed by atoms with Gasteiger partial charge in [-0.2, -0.15) is 0 Å². The third kappa shape index (κ3) is 6.32. The first kappa shape index (κ1) is 21.9. The lowest BCUT2D eigenvalue weighted by molar-refractivity contribution is -0.121.